The summed E-state index contributed by atoms with van der Waals surface area (Å²) in [5.41, 5.74) is 7.01. The van der Waals surface area contributed by atoms with E-state index >= 15 is 0 Å². The first kappa shape index (κ1) is 18.9. The van der Waals surface area contributed by atoms with Gasteiger partial charge in [-0.2, -0.15) is 0 Å². The number of nitrogens with two attached hydrogens (primary N) is 1. The molecule has 0 radical (unpaired) electrons. The highest BCUT2D eigenvalue weighted by molar-refractivity contribution is 6.40. The minimum absolute atomic E-state index is 0.160. The van der Waals surface area contributed by atoms with Gasteiger partial charge in [-0.25, -0.2) is 4.39 Å². The van der Waals surface area contributed by atoms with Crippen molar-refractivity contribution in [2.24, 2.45) is 11.7 Å². The maximum atomic E-state index is 14.5. The molecule has 24 heavy (non-hydrogen) atoms. The number of carboxylic acids is 1. The van der Waals surface area contributed by atoms with Crippen LogP contribution >= 0.6 is 0 Å². The summed E-state index contributed by atoms with van der Waals surface area (Å²) in [6, 6.07) is 3.11. The molecule has 0 bridgehead atoms. The molecule has 7 heteroatoms. The highest BCUT2D eigenvalue weighted by Crippen LogP contribution is 2.43. The van der Waals surface area contributed by atoms with E-state index in [1.54, 1.807) is 6.07 Å². The molecule has 0 saturated carbocycles. The fourth-order valence-electron chi connectivity index (χ4n) is 3.55. The third-order valence-electron chi connectivity index (χ3n) is 5.06. The molecule has 2 rings (SSSR count). The molecule has 0 heterocycles. The predicted molar refractivity (Wildman–Crippen MR) is 90.3 cm³/mol. The summed E-state index contributed by atoms with van der Waals surface area (Å²) >= 11 is 0. The third-order valence-corrected chi connectivity index (χ3v) is 5.06. The van der Waals surface area contributed by atoms with Crippen molar-refractivity contribution in [2.75, 3.05) is 6.54 Å². The molecule has 132 valence electrons. The highest BCUT2D eigenvalue weighted by atomic mass is 19.1. The fraction of sp³-hybridized carbons (Fsp3) is 0.588. The molecular formula is C17H25BFNO4. The molecule has 0 saturated heterocycles. The Kier molecular flexibility index (Phi) is 5.68. The Bertz CT molecular complexity index is 621. The number of hydrogen-bond donors (Lipinski definition) is 4. The zero-order valence-corrected chi connectivity index (χ0v) is 14.1. The van der Waals surface area contributed by atoms with Crippen LogP contribution in [0.5, 0.6) is 0 Å². The second kappa shape index (κ2) is 7.21. The van der Waals surface area contributed by atoms with Crippen LogP contribution in [0.2, 0.25) is 6.32 Å². The van der Waals surface area contributed by atoms with Crippen LogP contribution in [0, 0.1) is 11.7 Å². The second-order valence-electron chi connectivity index (χ2n) is 7.31. The van der Waals surface area contributed by atoms with Crippen molar-refractivity contribution in [1.29, 1.82) is 0 Å². The molecule has 1 aromatic rings. The first-order valence-electron chi connectivity index (χ1n) is 8.29. The average Bonchev–Trinajstić information content (AvgIpc) is 2.83. The van der Waals surface area contributed by atoms with Gasteiger partial charge in [-0.3, -0.25) is 4.79 Å². The van der Waals surface area contributed by atoms with Crippen LogP contribution in [0.15, 0.2) is 12.1 Å². The Labute approximate surface area is 141 Å². The number of benzene rings is 1. The van der Waals surface area contributed by atoms with Gasteiger partial charge in [0.05, 0.1) is 5.92 Å². The van der Waals surface area contributed by atoms with Gasteiger partial charge in [0, 0.05) is 12.0 Å². The molecule has 0 amide bonds. The standard InChI is InChI=1S/C17H25BFNO4/c1-17(2,9-20)13-8-12-11(7-14(13)19)6-10(15(12)16(21)22)4-3-5-18(23)24/h7-8,10,15,23-24H,3-6,9,20H2,1-2H3,(H,21,22)/t10-,15-/m0/s1. The summed E-state index contributed by atoms with van der Waals surface area (Å²) in [5, 5.41) is 27.5. The lowest BCUT2D eigenvalue weighted by atomic mass is 9.79. The van der Waals surface area contributed by atoms with Crippen molar-refractivity contribution in [3.63, 3.8) is 0 Å². The van der Waals surface area contributed by atoms with Crippen molar-refractivity contribution in [3.8, 4) is 0 Å². The normalized spacial score (nSPS) is 20.1. The van der Waals surface area contributed by atoms with Gasteiger partial charge in [-0.15, -0.1) is 0 Å². The van der Waals surface area contributed by atoms with Gasteiger partial charge in [0.2, 0.25) is 0 Å². The van der Waals surface area contributed by atoms with Crippen LogP contribution in [-0.4, -0.2) is 34.8 Å². The van der Waals surface area contributed by atoms with Crippen LogP contribution in [0.1, 0.15) is 49.3 Å². The summed E-state index contributed by atoms with van der Waals surface area (Å²) in [4.78, 5) is 11.8. The van der Waals surface area contributed by atoms with Crippen LogP contribution in [0.25, 0.3) is 0 Å². The summed E-state index contributed by atoms with van der Waals surface area (Å²) in [6.07, 6.45) is 1.78. The van der Waals surface area contributed by atoms with Gasteiger partial charge in [0.1, 0.15) is 5.82 Å². The number of hydrogen-bond acceptors (Lipinski definition) is 4. The van der Waals surface area contributed by atoms with E-state index in [0.717, 1.165) is 5.56 Å². The van der Waals surface area contributed by atoms with E-state index in [0.29, 0.717) is 30.4 Å². The zero-order chi connectivity index (χ0) is 18.1. The molecule has 5 nitrogen and oxygen atoms in total. The Hall–Kier alpha value is -1.44. The Morgan fingerprint density at radius 2 is 2.08 bits per heavy atom. The molecule has 1 aliphatic rings. The van der Waals surface area contributed by atoms with Crippen molar-refractivity contribution < 1.29 is 24.3 Å². The molecule has 1 aromatic carbocycles. The lowest BCUT2D eigenvalue weighted by Crippen LogP contribution is -2.29. The van der Waals surface area contributed by atoms with Crippen molar-refractivity contribution >= 4 is 13.1 Å². The monoisotopic (exact) mass is 337 g/mol. The number of aliphatic carboxylic acids is 1. The topological polar surface area (TPSA) is 104 Å². The molecule has 0 aromatic heterocycles. The van der Waals surface area contributed by atoms with E-state index in [1.807, 2.05) is 13.8 Å². The largest absolute Gasteiger partial charge is 0.481 e. The van der Waals surface area contributed by atoms with Crippen molar-refractivity contribution in [3.05, 3.63) is 34.6 Å². The minimum Gasteiger partial charge on any atom is -0.481 e. The SMILES string of the molecule is CC(C)(CN)c1cc2c(cc1F)C[C@H](CCCB(O)O)[C@@H]2C(=O)O. The highest BCUT2D eigenvalue weighted by Gasteiger charge is 2.39. The molecule has 2 atom stereocenters. The maximum absolute atomic E-state index is 14.5. The minimum atomic E-state index is -1.38. The van der Waals surface area contributed by atoms with Crippen molar-refractivity contribution in [1.82, 2.24) is 0 Å². The molecule has 0 spiro atoms. The Morgan fingerprint density at radius 3 is 2.62 bits per heavy atom. The zero-order valence-electron chi connectivity index (χ0n) is 14.1. The lowest BCUT2D eigenvalue weighted by Gasteiger charge is -2.25. The number of carboxylic acid groups (broad SMARTS) is 1. The number of halogens is 1. The number of fused-ring (bicyclic) bond motifs is 1. The summed E-state index contributed by atoms with van der Waals surface area (Å²) in [7, 11) is -1.38. The third kappa shape index (κ3) is 3.79. The molecular weight excluding hydrogens is 312 g/mol. The van der Waals surface area contributed by atoms with Gasteiger partial charge >= 0.3 is 13.1 Å². The van der Waals surface area contributed by atoms with Gasteiger partial charge in [0.15, 0.2) is 0 Å². The van der Waals surface area contributed by atoms with E-state index in [2.05, 4.69) is 0 Å². The van der Waals surface area contributed by atoms with Crippen LogP contribution in [-0.2, 0) is 16.6 Å². The van der Waals surface area contributed by atoms with Gasteiger partial charge in [-0.05, 0) is 47.8 Å². The van der Waals surface area contributed by atoms with E-state index < -0.39 is 24.4 Å². The first-order chi connectivity index (χ1) is 11.2. The van der Waals surface area contributed by atoms with E-state index in [4.69, 9.17) is 15.8 Å². The predicted octanol–water partition coefficient (Wildman–Crippen LogP) is 1.66. The lowest BCUT2D eigenvalue weighted by molar-refractivity contribution is -0.139. The van der Waals surface area contributed by atoms with Crippen LogP contribution < -0.4 is 5.73 Å². The van der Waals surface area contributed by atoms with E-state index in [9.17, 15) is 14.3 Å². The number of carbonyl (C=O) groups is 1. The molecule has 5 N–H and O–H groups in total. The maximum Gasteiger partial charge on any atom is 0.451 e. The van der Waals surface area contributed by atoms with Crippen molar-refractivity contribution in [2.45, 2.75) is 50.8 Å². The van der Waals surface area contributed by atoms with Gasteiger partial charge in [0.25, 0.3) is 0 Å². The number of rotatable bonds is 7. The molecule has 1 aliphatic carbocycles. The smallest absolute Gasteiger partial charge is 0.451 e. The summed E-state index contributed by atoms with van der Waals surface area (Å²) < 4.78 is 14.5. The van der Waals surface area contributed by atoms with E-state index in [1.165, 1.54) is 6.07 Å². The molecule has 0 fully saturated rings. The van der Waals surface area contributed by atoms with Gasteiger partial charge < -0.3 is 20.9 Å². The van der Waals surface area contributed by atoms with Crippen LogP contribution in [0.3, 0.4) is 0 Å². The Balaban J connectivity index is 2.33. The van der Waals surface area contributed by atoms with E-state index in [-0.39, 0.29) is 24.6 Å². The molecule has 0 unspecified atom stereocenters. The first-order valence-corrected chi connectivity index (χ1v) is 8.29. The quantitative estimate of drug-likeness (QED) is 0.567. The Morgan fingerprint density at radius 1 is 1.42 bits per heavy atom. The molecule has 0 aliphatic heterocycles. The fourth-order valence-corrected chi connectivity index (χ4v) is 3.55. The van der Waals surface area contributed by atoms with Crippen LogP contribution in [0.4, 0.5) is 4.39 Å². The summed E-state index contributed by atoms with van der Waals surface area (Å²) in [6.45, 7) is 3.93. The van der Waals surface area contributed by atoms with Gasteiger partial charge in [-0.1, -0.05) is 26.3 Å². The summed E-state index contributed by atoms with van der Waals surface area (Å²) in [5.74, 6) is -2.12. The second-order valence-corrected chi connectivity index (χ2v) is 7.31. The average molecular weight is 337 g/mol.